The maximum atomic E-state index is 11.6. The van der Waals surface area contributed by atoms with Gasteiger partial charge in [-0.3, -0.25) is 0 Å². The number of hydrogen-bond acceptors (Lipinski definition) is 4. The maximum absolute atomic E-state index is 11.6. The SMILES string of the molecule is COC(=O)/C(C#N)=C/c1ccc(C=C(c2ccccc2)c2ccccc2)s1. The van der Waals surface area contributed by atoms with Crippen molar-refractivity contribution in [3.05, 3.63) is 99.3 Å². The third kappa shape index (κ3) is 4.60. The largest absolute Gasteiger partial charge is 0.465 e. The Labute approximate surface area is 162 Å². The molecule has 1 heterocycles. The van der Waals surface area contributed by atoms with Gasteiger partial charge in [-0.05, 0) is 41.0 Å². The van der Waals surface area contributed by atoms with E-state index in [1.54, 1.807) is 6.08 Å². The van der Waals surface area contributed by atoms with Gasteiger partial charge in [0.2, 0.25) is 0 Å². The lowest BCUT2D eigenvalue weighted by Gasteiger charge is -2.08. The summed E-state index contributed by atoms with van der Waals surface area (Å²) in [4.78, 5) is 13.4. The maximum Gasteiger partial charge on any atom is 0.348 e. The molecule has 0 radical (unpaired) electrons. The molecule has 0 saturated carbocycles. The van der Waals surface area contributed by atoms with Gasteiger partial charge >= 0.3 is 5.97 Å². The molecule has 0 aliphatic carbocycles. The van der Waals surface area contributed by atoms with Crippen LogP contribution in [0.25, 0.3) is 17.7 Å². The molecule has 0 aliphatic rings. The van der Waals surface area contributed by atoms with E-state index in [1.807, 2.05) is 54.6 Å². The lowest BCUT2D eigenvalue weighted by molar-refractivity contribution is -0.135. The number of hydrogen-bond donors (Lipinski definition) is 0. The fourth-order valence-corrected chi connectivity index (χ4v) is 3.52. The van der Waals surface area contributed by atoms with E-state index in [2.05, 4.69) is 35.1 Å². The second kappa shape index (κ2) is 8.79. The molecule has 2 aromatic carbocycles. The van der Waals surface area contributed by atoms with Crippen molar-refractivity contribution in [1.82, 2.24) is 0 Å². The van der Waals surface area contributed by atoms with Crippen molar-refractivity contribution < 1.29 is 9.53 Å². The van der Waals surface area contributed by atoms with Crippen LogP contribution in [-0.2, 0) is 9.53 Å². The van der Waals surface area contributed by atoms with Crippen LogP contribution < -0.4 is 0 Å². The van der Waals surface area contributed by atoms with E-state index in [0.29, 0.717) is 0 Å². The molecule has 0 bridgehead atoms. The average Bonchev–Trinajstić information content (AvgIpc) is 3.18. The summed E-state index contributed by atoms with van der Waals surface area (Å²) in [6.07, 6.45) is 3.68. The molecule has 0 saturated heterocycles. The quantitative estimate of drug-likeness (QED) is 0.342. The number of benzene rings is 2. The molecule has 0 unspecified atom stereocenters. The van der Waals surface area contributed by atoms with E-state index in [1.165, 1.54) is 18.4 Å². The summed E-state index contributed by atoms with van der Waals surface area (Å²) in [5.74, 6) is -0.628. The Bertz CT molecular complexity index is 984. The third-order valence-electron chi connectivity index (χ3n) is 3.92. The molecule has 0 aliphatic heterocycles. The van der Waals surface area contributed by atoms with Gasteiger partial charge in [0.25, 0.3) is 0 Å². The van der Waals surface area contributed by atoms with Crippen LogP contribution >= 0.6 is 11.3 Å². The molecule has 0 amide bonds. The molecule has 27 heavy (non-hydrogen) atoms. The van der Waals surface area contributed by atoms with Crippen molar-refractivity contribution in [2.45, 2.75) is 0 Å². The first kappa shape index (κ1) is 18.4. The van der Waals surface area contributed by atoms with Crippen molar-refractivity contribution in [3.8, 4) is 6.07 Å². The normalized spacial score (nSPS) is 10.7. The average molecular weight is 371 g/mol. The molecule has 4 heteroatoms. The molecular weight excluding hydrogens is 354 g/mol. The monoisotopic (exact) mass is 371 g/mol. The minimum atomic E-state index is -0.628. The van der Waals surface area contributed by atoms with Crippen LogP contribution in [0.4, 0.5) is 0 Å². The predicted molar refractivity (Wildman–Crippen MR) is 110 cm³/mol. The fourth-order valence-electron chi connectivity index (χ4n) is 2.62. The number of ether oxygens (including phenoxy) is 1. The van der Waals surface area contributed by atoms with Crippen molar-refractivity contribution >= 4 is 35.0 Å². The first-order chi connectivity index (χ1) is 13.2. The zero-order valence-electron chi connectivity index (χ0n) is 14.8. The highest BCUT2D eigenvalue weighted by Crippen LogP contribution is 2.29. The molecule has 3 nitrogen and oxygen atoms in total. The van der Waals surface area contributed by atoms with Crippen LogP contribution in [0.2, 0.25) is 0 Å². The van der Waals surface area contributed by atoms with Gasteiger partial charge in [-0.2, -0.15) is 5.26 Å². The number of rotatable bonds is 5. The van der Waals surface area contributed by atoms with Gasteiger partial charge in [-0.15, -0.1) is 11.3 Å². The summed E-state index contributed by atoms with van der Waals surface area (Å²) in [5, 5.41) is 9.11. The lowest BCUT2D eigenvalue weighted by Crippen LogP contribution is -2.02. The third-order valence-corrected chi connectivity index (χ3v) is 4.90. The van der Waals surface area contributed by atoms with Gasteiger partial charge in [-0.25, -0.2) is 4.79 Å². The first-order valence-electron chi connectivity index (χ1n) is 8.34. The topological polar surface area (TPSA) is 50.1 Å². The zero-order valence-corrected chi connectivity index (χ0v) is 15.6. The van der Waals surface area contributed by atoms with E-state index >= 15 is 0 Å². The Balaban J connectivity index is 2.00. The molecule has 132 valence electrons. The molecular formula is C23H17NO2S. The lowest BCUT2D eigenvalue weighted by atomic mass is 9.97. The summed E-state index contributed by atoms with van der Waals surface area (Å²) >= 11 is 1.51. The molecule has 0 N–H and O–H groups in total. The predicted octanol–water partition coefficient (Wildman–Crippen LogP) is 5.42. The number of nitriles is 1. The number of thiophene rings is 1. The summed E-state index contributed by atoms with van der Waals surface area (Å²) in [6, 6.07) is 26.1. The minimum Gasteiger partial charge on any atom is -0.465 e. The van der Waals surface area contributed by atoms with Crippen LogP contribution in [0, 0.1) is 11.3 Å². The van der Waals surface area contributed by atoms with Gasteiger partial charge in [0.1, 0.15) is 11.6 Å². The summed E-state index contributed by atoms with van der Waals surface area (Å²) in [6.45, 7) is 0. The van der Waals surface area contributed by atoms with E-state index < -0.39 is 5.97 Å². The highest BCUT2D eigenvalue weighted by Gasteiger charge is 2.10. The number of carbonyl (C=O) groups is 1. The summed E-state index contributed by atoms with van der Waals surface area (Å²) < 4.78 is 4.63. The second-order valence-electron chi connectivity index (χ2n) is 5.69. The van der Waals surface area contributed by atoms with Crippen LogP contribution in [0.15, 0.2) is 78.4 Å². The van der Waals surface area contributed by atoms with Gasteiger partial charge in [0, 0.05) is 9.75 Å². The van der Waals surface area contributed by atoms with Crippen LogP contribution in [0.3, 0.4) is 0 Å². The van der Waals surface area contributed by atoms with Crippen molar-refractivity contribution in [1.29, 1.82) is 5.26 Å². The van der Waals surface area contributed by atoms with Crippen LogP contribution in [0.1, 0.15) is 20.9 Å². The molecule has 1 aromatic heterocycles. The van der Waals surface area contributed by atoms with E-state index in [0.717, 1.165) is 26.5 Å². The smallest absolute Gasteiger partial charge is 0.348 e. The van der Waals surface area contributed by atoms with Gasteiger partial charge in [0.15, 0.2) is 0 Å². The summed E-state index contributed by atoms with van der Waals surface area (Å²) in [5.41, 5.74) is 3.35. The fraction of sp³-hybridized carbons (Fsp3) is 0.0435. The van der Waals surface area contributed by atoms with Crippen LogP contribution in [-0.4, -0.2) is 13.1 Å². The standard InChI is InChI=1S/C23H17NO2S/c1-26-23(25)19(16-24)14-20-12-13-21(27-20)15-22(17-8-4-2-5-9-17)18-10-6-3-7-11-18/h2-15H,1H3/b19-14+. The highest BCUT2D eigenvalue weighted by molar-refractivity contribution is 7.13. The highest BCUT2D eigenvalue weighted by atomic mass is 32.1. The molecule has 3 rings (SSSR count). The van der Waals surface area contributed by atoms with Crippen LogP contribution in [0.5, 0.6) is 0 Å². The van der Waals surface area contributed by atoms with E-state index in [-0.39, 0.29) is 5.57 Å². The Hall–Kier alpha value is -3.42. The second-order valence-corrected chi connectivity index (χ2v) is 6.84. The van der Waals surface area contributed by atoms with E-state index in [4.69, 9.17) is 5.26 Å². The number of esters is 1. The number of nitrogens with zero attached hydrogens (tertiary/aromatic N) is 1. The Morgan fingerprint density at radius 1 is 0.889 bits per heavy atom. The van der Waals surface area contributed by atoms with Crippen molar-refractivity contribution in [3.63, 3.8) is 0 Å². The van der Waals surface area contributed by atoms with E-state index in [9.17, 15) is 4.79 Å². The first-order valence-corrected chi connectivity index (χ1v) is 9.15. The summed E-state index contributed by atoms with van der Waals surface area (Å²) in [7, 11) is 1.27. The number of methoxy groups -OCH3 is 1. The molecule has 3 aromatic rings. The van der Waals surface area contributed by atoms with Gasteiger partial charge in [-0.1, -0.05) is 60.7 Å². The van der Waals surface area contributed by atoms with Gasteiger partial charge in [0.05, 0.1) is 7.11 Å². The molecule has 0 atom stereocenters. The molecule has 0 fully saturated rings. The zero-order chi connectivity index (χ0) is 19.1. The minimum absolute atomic E-state index is 0.0128. The van der Waals surface area contributed by atoms with Gasteiger partial charge < -0.3 is 4.74 Å². The Morgan fingerprint density at radius 2 is 1.41 bits per heavy atom. The Morgan fingerprint density at radius 3 is 1.89 bits per heavy atom. The number of carbonyl (C=O) groups excluding carboxylic acids is 1. The van der Waals surface area contributed by atoms with Crippen molar-refractivity contribution in [2.24, 2.45) is 0 Å². The molecule has 0 spiro atoms. The Kier molecular flexibility index (Phi) is 5.98. The van der Waals surface area contributed by atoms with Crippen molar-refractivity contribution in [2.75, 3.05) is 7.11 Å².